The van der Waals surface area contributed by atoms with Gasteiger partial charge in [-0.05, 0) is 52.3 Å². The van der Waals surface area contributed by atoms with Gasteiger partial charge in [-0.3, -0.25) is 4.79 Å². The van der Waals surface area contributed by atoms with Crippen LogP contribution in [0.15, 0.2) is 54.6 Å². The van der Waals surface area contributed by atoms with Crippen LogP contribution in [0.3, 0.4) is 0 Å². The minimum absolute atomic E-state index is 0.0585. The maximum atomic E-state index is 12.0. The van der Waals surface area contributed by atoms with Crippen LogP contribution in [0.25, 0.3) is 0 Å². The van der Waals surface area contributed by atoms with Gasteiger partial charge in [0.2, 0.25) is 0 Å². The van der Waals surface area contributed by atoms with Crippen LogP contribution >= 0.6 is 22.6 Å². The first kappa shape index (κ1) is 15.2. The van der Waals surface area contributed by atoms with Crippen molar-refractivity contribution in [2.75, 3.05) is 0 Å². The van der Waals surface area contributed by atoms with Gasteiger partial charge in [-0.2, -0.15) is 0 Å². The van der Waals surface area contributed by atoms with E-state index in [9.17, 15) is 4.79 Å². The molecule has 1 unspecified atom stereocenters. The lowest BCUT2D eigenvalue weighted by atomic mass is 9.99. The molecule has 0 heterocycles. The third-order valence-electron chi connectivity index (χ3n) is 3.28. The molecular formula is C17H18INO. The van der Waals surface area contributed by atoms with Crippen molar-refractivity contribution in [3.63, 3.8) is 0 Å². The second-order valence-corrected chi connectivity index (χ2v) is 6.14. The molecule has 20 heavy (non-hydrogen) atoms. The average molecular weight is 379 g/mol. The molecule has 2 nitrogen and oxygen atoms in total. The molecule has 0 radical (unpaired) electrons. The van der Waals surface area contributed by atoms with Gasteiger partial charge in [0.1, 0.15) is 5.78 Å². The number of nitrogens with two attached hydrogens (primary N) is 1. The van der Waals surface area contributed by atoms with Crippen molar-refractivity contribution in [1.82, 2.24) is 0 Å². The van der Waals surface area contributed by atoms with Crippen molar-refractivity contribution in [3.8, 4) is 0 Å². The van der Waals surface area contributed by atoms with Gasteiger partial charge >= 0.3 is 0 Å². The standard InChI is InChI=1S/C17H18INO/c18-15-8-6-13(7-9-15)12-16(20)10-11-17(19)14-4-2-1-3-5-14/h1-9,17H,10-12,19H2. The van der Waals surface area contributed by atoms with E-state index in [0.717, 1.165) is 11.1 Å². The summed E-state index contributed by atoms with van der Waals surface area (Å²) >= 11 is 2.26. The third kappa shape index (κ3) is 4.72. The zero-order valence-corrected chi connectivity index (χ0v) is 13.4. The summed E-state index contributed by atoms with van der Waals surface area (Å²) in [6, 6.07) is 18.0. The number of benzene rings is 2. The molecular weight excluding hydrogens is 361 g/mol. The van der Waals surface area contributed by atoms with Gasteiger partial charge < -0.3 is 5.73 Å². The molecule has 0 spiro atoms. The Bertz CT molecular complexity index is 551. The quantitative estimate of drug-likeness (QED) is 0.775. The van der Waals surface area contributed by atoms with Crippen molar-refractivity contribution in [2.24, 2.45) is 5.73 Å². The van der Waals surface area contributed by atoms with E-state index in [1.165, 1.54) is 3.57 Å². The zero-order valence-electron chi connectivity index (χ0n) is 11.3. The molecule has 0 fully saturated rings. The maximum Gasteiger partial charge on any atom is 0.137 e. The molecule has 0 aliphatic rings. The number of hydrogen-bond donors (Lipinski definition) is 1. The Balaban J connectivity index is 1.82. The van der Waals surface area contributed by atoms with Gasteiger partial charge in [-0.25, -0.2) is 0 Å². The summed E-state index contributed by atoms with van der Waals surface area (Å²) in [5, 5.41) is 0. The Labute approximate surface area is 133 Å². The van der Waals surface area contributed by atoms with E-state index < -0.39 is 0 Å². The lowest BCUT2D eigenvalue weighted by molar-refractivity contribution is -0.118. The first-order valence-electron chi connectivity index (χ1n) is 6.72. The molecule has 0 aliphatic carbocycles. The van der Waals surface area contributed by atoms with Crippen molar-refractivity contribution in [2.45, 2.75) is 25.3 Å². The maximum absolute atomic E-state index is 12.0. The Kier molecular flexibility index (Phi) is 5.73. The van der Waals surface area contributed by atoms with E-state index in [4.69, 9.17) is 5.73 Å². The first-order valence-corrected chi connectivity index (χ1v) is 7.79. The van der Waals surface area contributed by atoms with Gasteiger partial charge in [-0.15, -0.1) is 0 Å². The molecule has 2 aromatic rings. The summed E-state index contributed by atoms with van der Waals surface area (Å²) in [7, 11) is 0. The van der Waals surface area contributed by atoms with Gasteiger partial charge in [0.15, 0.2) is 0 Å². The molecule has 0 amide bonds. The summed E-state index contributed by atoms with van der Waals surface area (Å²) < 4.78 is 1.19. The molecule has 0 saturated heterocycles. The Morgan fingerprint density at radius 2 is 1.70 bits per heavy atom. The summed E-state index contributed by atoms with van der Waals surface area (Å²) in [4.78, 5) is 12.0. The monoisotopic (exact) mass is 379 g/mol. The van der Waals surface area contributed by atoms with Crippen molar-refractivity contribution in [3.05, 3.63) is 69.3 Å². The highest BCUT2D eigenvalue weighted by atomic mass is 127. The average Bonchev–Trinajstić information content (AvgIpc) is 2.48. The summed E-state index contributed by atoms with van der Waals surface area (Å²) in [5.74, 6) is 0.248. The molecule has 104 valence electrons. The number of carbonyl (C=O) groups is 1. The molecule has 0 aliphatic heterocycles. The van der Waals surface area contributed by atoms with E-state index in [1.54, 1.807) is 0 Å². The smallest absolute Gasteiger partial charge is 0.137 e. The summed E-state index contributed by atoms with van der Waals surface area (Å²) in [6.07, 6.45) is 1.73. The minimum Gasteiger partial charge on any atom is -0.324 e. The largest absolute Gasteiger partial charge is 0.324 e. The topological polar surface area (TPSA) is 43.1 Å². The van der Waals surface area contributed by atoms with Crippen LogP contribution in [0.4, 0.5) is 0 Å². The van der Waals surface area contributed by atoms with Crippen LogP contribution in [-0.2, 0) is 11.2 Å². The molecule has 0 saturated carbocycles. The molecule has 0 aromatic heterocycles. The minimum atomic E-state index is -0.0585. The molecule has 0 bridgehead atoms. The molecule has 2 aromatic carbocycles. The first-order chi connectivity index (χ1) is 9.65. The van der Waals surface area contributed by atoms with Crippen LogP contribution in [0.5, 0.6) is 0 Å². The fourth-order valence-electron chi connectivity index (χ4n) is 2.10. The van der Waals surface area contributed by atoms with E-state index in [0.29, 0.717) is 19.3 Å². The normalized spacial score (nSPS) is 12.1. The van der Waals surface area contributed by atoms with E-state index >= 15 is 0 Å². The molecule has 2 rings (SSSR count). The van der Waals surface area contributed by atoms with Crippen molar-refractivity contribution in [1.29, 1.82) is 0 Å². The SMILES string of the molecule is NC(CCC(=O)Cc1ccc(I)cc1)c1ccccc1. The van der Waals surface area contributed by atoms with Gasteiger partial charge in [0.25, 0.3) is 0 Å². The zero-order chi connectivity index (χ0) is 14.4. The number of rotatable bonds is 6. The Hall–Kier alpha value is -1.20. The van der Waals surface area contributed by atoms with Crippen LogP contribution < -0.4 is 5.73 Å². The number of carbonyl (C=O) groups excluding carboxylic acids is 1. The predicted octanol–water partition coefficient (Wildman–Crippen LogP) is 3.88. The van der Waals surface area contributed by atoms with Crippen molar-refractivity contribution < 1.29 is 4.79 Å². The number of Topliss-reactive ketones (excluding diaryl/α,β-unsaturated/α-hetero) is 1. The second kappa shape index (κ2) is 7.55. The van der Waals surface area contributed by atoms with E-state index in [1.807, 2.05) is 54.6 Å². The van der Waals surface area contributed by atoms with Crippen LogP contribution in [-0.4, -0.2) is 5.78 Å². The lowest BCUT2D eigenvalue weighted by Crippen LogP contribution is -2.13. The van der Waals surface area contributed by atoms with Crippen LogP contribution in [0.1, 0.15) is 30.0 Å². The molecule has 2 N–H and O–H groups in total. The van der Waals surface area contributed by atoms with Gasteiger partial charge in [0, 0.05) is 22.5 Å². The Morgan fingerprint density at radius 1 is 1.05 bits per heavy atom. The molecule has 1 atom stereocenters. The molecule has 3 heteroatoms. The van der Waals surface area contributed by atoms with Gasteiger partial charge in [-0.1, -0.05) is 42.5 Å². The lowest BCUT2D eigenvalue weighted by Gasteiger charge is -2.11. The van der Waals surface area contributed by atoms with E-state index in [2.05, 4.69) is 22.6 Å². The predicted molar refractivity (Wildman–Crippen MR) is 90.5 cm³/mol. The fourth-order valence-corrected chi connectivity index (χ4v) is 2.46. The Morgan fingerprint density at radius 3 is 2.35 bits per heavy atom. The van der Waals surface area contributed by atoms with Crippen molar-refractivity contribution >= 4 is 28.4 Å². The number of halogens is 1. The highest BCUT2D eigenvalue weighted by Crippen LogP contribution is 2.16. The van der Waals surface area contributed by atoms with E-state index in [-0.39, 0.29) is 11.8 Å². The van der Waals surface area contributed by atoms with Crippen LogP contribution in [0.2, 0.25) is 0 Å². The van der Waals surface area contributed by atoms with Crippen LogP contribution in [0, 0.1) is 3.57 Å². The summed E-state index contributed by atoms with van der Waals surface area (Å²) in [6.45, 7) is 0. The highest BCUT2D eigenvalue weighted by molar-refractivity contribution is 14.1. The van der Waals surface area contributed by atoms with Gasteiger partial charge in [0.05, 0.1) is 0 Å². The summed E-state index contributed by atoms with van der Waals surface area (Å²) in [5.41, 5.74) is 8.27. The number of hydrogen-bond acceptors (Lipinski definition) is 2. The fraction of sp³-hybridized carbons (Fsp3) is 0.235. The second-order valence-electron chi connectivity index (χ2n) is 4.90. The highest BCUT2D eigenvalue weighted by Gasteiger charge is 2.09. The third-order valence-corrected chi connectivity index (χ3v) is 4.00. The number of ketones is 1.